The van der Waals surface area contributed by atoms with Gasteiger partial charge < -0.3 is 20.9 Å². The van der Waals surface area contributed by atoms with Crippen molar-refractivity contribution in [2.45, 2.75) is 32.9 Å². The minimum atomic E-state index is -0.454. The fraction of sp³-hybridized carbons (Fsp3) is 0.269. The van der Waals surface area contributed by atoms with E-state index in [2.05, 4.69) is 34.4 Å². The summed E-state index contributed by atoms with van der Waals surface area (Å²) in [6, 6.07) is 15.9. The molecule has 7 heteroatoms. The number of para-hydroxylation sites is 1. The van der Waals surface area contributed by atoms with Gasteiger partial charge in [0.25, 0.3) is 5.91 Å². The first-order chi connectivity index (χ1) is 16.0. The number of anilines is 1. The molecule has 3 heterocycles. The summed E-state index contributed by atoms with van der Waals surface area (Å²) in [5.41, 5.74) is 12.1. The normalized spacial score (nSPS) is 14.1. The fourth-order valence-electron chi connectivity index (χ4n) is 4.65. The molecule has 2 aromatic carbocycles. The van der Waals surface area contributed by atoms with Gasteiger partial charge in [-0.2, -0.15) is 0 Å². The van der Waals surface area contributed by atoms with Crippen LogP contribution in [0, 0.1) is 6.92 Å². The predicted molar refractivity (Wildman–Crippen MR) is 131 cm³/mol. The predicted octanol–water partition coefficient (Wildman–Crippen LogP) is 4.02. The van der Waals surface area contributed by atoms with Crippen LogP contribution in [-0.4, -0.2) is 39.4 Å². The minimum Gasteiger partial charge on any atom is -0.366 e. The molecule has 168 valence electrons. The Labute approximate surface area is 193 Å². The summed E-state index contributed by atoms with van der Waals surface area (Å²) in [6.45, 7) is 4.51. The number of aryl methyl sites for hydroxylation is 2. The SMILES string of the molecule is Cc1[nH]c2c(C(N)=O)cccc2c1-c1nc2c(c(NCc3ccccc3)n1)CN(C)CCC2. The Morgan fingerprint density at radius 3 is 2.76 bits per heavy atom. The van der Waals surface area contributed by atoms with Crippen LogP contribution in [0.5, 0.6) is 0 Å². The third-order valence-electron chi connectivity index (χ3n) is 6.29. The molecule has 0 atom stereocenters. The Balaban J connectivity index is 1.64. The maximum Gasteiger partial charge on any atom is 0.250 e. The standard InChI is InChI=1S/C26H28N6O/c1-16-22(18-10-6-11-19(24(27)33)23(18)29-16)26-30-21-12-7-13-32(2)15-20(21)25(31-26)28-14-17-8-4-3-5-9-17/h3-6,8-11,29H,7,12-15H2,1-2H3,(H2,27,33)(H,28,30,31). The molecule has 0 fully saturated rings. The van der Waals surface area contributed by atoms with E-state index in [1.54, 1.807) is 6.07 Å². The number of primary amides is 1. The molecule has 33 heavy (non-hydrogen) atoms. The van der Waals surface area contributed by atoms with E-state index in [9.17, 15) is 4.79 Å². The van der Waals surface area contributed by atoms with Gasteiger partial charge in [0.05, 0.1) is 16.8 Å². The number of nitrogens with zero attached hydrogens (tertiary/aromatic N) is 3. The fourth-order valence-corrected chi connectivity index (χ4v) is 4.65. The van der Waals surface area contributed by atoms with Gasteiger partial charge in [-0.25, -0.2) is 9.97 Å². The molecule has 7 nitrogen and oxygen atoms in total. The number of aromatic amines is 1. The highest BCUT2D eigenvalue weighted by atomic mass is 16.1. The second-order valence-corrected chi connectivity index (χ2v) is 8.72. The molecule has 5 rings (SSSR count). The number of rotatable bonds is 5. The van der Waals surface area contributed by atoms with Crippen LogP contribution in [-0.2, 0) is 19.5 Å². The van der Waals surface area contributed by atoms with E-state index < -0.39 is 5.91 Å². The highest BCUT2D eigenvalue weighted by molar-refractivity contribution is 6.09. The van der Waals surface area contributed by atoms with Crippen molar-refractivity contribution in [1.82, 2.24) is 19.9 Å². The zero-order valence-electron chi connectivity index (χ0n) is 19.0. The quantitative estimate of drug-likeness (QED) is 0.435. The van der Waals surface area contributed by atoms with E-state index in [4.69, 9.17) is 15.7 Å². The van der Waals surface area contributed by atoms with Crippen molar-refractivity contribution in [2.75, 3.05) is 18.9 Å². The first-order valence-corrected chi connectivity index (χ1v) is 11.3. The van der Waals surface area contributed by atoms with Gasteiger partial charge in [0.15, 0.2) is 5.82 Å². The van der Waals surface area contributed by atoms with Gasteiger partial charge in [-0.05, 0) is 45.0 Å². The molecule has 0 saturated carbocycles. The molecular formula is C26H28N6O. The Hall–Kier alpha value is -3.71. The van der Waals surface area contributed by atoms with Crippen LogP contribution < -0.4 is 11.1 Å². The summed E-state index contributed by atoms with van der Waals surface area (Å²) in [7, 11) is 2.14. The molecule has 1 amide bonds. The summed E-state index contributed by atoms with van der Waals surface area (Å²) >= 11 is 0. The Bertz CT molecular complexity index is 1330. The first-order valence-electron chi connectivity index (χ1n) is 11.3. The van der Waals surface area contributed by atoms with Crippen LogP contribution in [0.3, 0.4) is 0 Å². The lowest BCUT2D eigenvalue weighted by Crippen LogP contribution is -2.19. The molecule has 1 aliphatic rings. The summed E-state index contributed by atoms with van der Waals surface area (Å²) in [4.78, 5) is 27.7. The number of benzene rings is 2. The van der Waals surface area contributed by atoms with Crippen LogP contribution in [0.4, 0.5) is 5.82 Å². The van der Waals surface area contributed by atoms with Gasteiger partial charge in [-0.3, -0.25) is 4.79 Å². The Kier molecular flexibility index (Phi) is 5.56. The molecule has 0 saturated heterocycles. The average Bonchev–Trinajstić information content (AvgIpc) is 3.02. The molecule has 2 aromatic heterocycles. The molecule has 0 bridgehead atoms. The van der Waals surface area contributed by atoms with Crippen molar-refractivity contribution in [3.63, 3.8) is 0 Å². The number of hydrogen-bond acceptors (Lipinski definition) is 5. The number of fused-ring (bicyclic) bond motifs is 2. The lowest BCUT2D eigenvalue weighted by Gasteiger charge is -2.18. The van der Waals surface area contributed by atoms with Crippen molar-refractivity contribution in [2.24, 2.45) is 5.73 Å². The van der Waals surface area contributed by atoms with Crippen LogP contribution >= 0.6 is 0 Å². The van der Waals surface area contributed by atoms with Gasteiger partial charge in [0, 0.05) is 35.3 Å². The van der Waals surface area contributed by atoms with Crippen molar-refractivity contribution in [1.29, 1.82) is 0 Å². The number of carbonyl (C=O) groups excluding carboxylic acids is 1. The Morgan fingerprint density at radius 1 is 1.15 bits per heavy atom. The largest absolute Gasteiger partial charge is 0.366 e. The number of carbonyl (C=O) groups is 1. The molecule has 0 unspecified atom stereocenters. The highest BCUT2D eigenvalue weighted by Crippen LogP contribution is 2.34. The second-order valence-electron chi connectivity index (χ2n) is 8.72. The van der Waals surface area contributed by atoms with Gasteiger partial charge >= 0.3 is 0 Å². The molecule has 1 aliphatic heterocycles. The maximum absolute atomic E-state index is 12.0. The Morgan fingerprint density at radius 2 is 1.97 bits per heavy atom. The van der Waals surface area contributed by atoms with Gasteiger partial charge in [-0.15, -0.1) is 0 Å². The third kappa shape index (κ3) is 4.07. The highest BCUT2D eigenvalue weighted by Gasteiger charge is 2.23. The van der Waals surface area contributed by atoms with Gasteiger partial charge in [0.1, 0.15) is 5.82 Å². The molecule has 0 aliphatic carbocycles. The molecule has 4 N–H and O–H groups in total. The van der Waals surface area contributed by atoms with Crippen molar-refractivity contribution >= 4 is 22.6 Å². The molecule has 4 aromatic rings. The molecule has 0 spiro atoms. The number of H-pyrrole nitrogens is 1. The number of hydrogen-bond donors (Lipinski definition) is 3. The van der Waals surface area contributed by atoms with Crippen molar-refractivity contribution in [3.8, 4) is 11.4 Å². The van der Waals surface area contributed by atoms with Crippen LogP contribution in [0.25, 0.3) is 22.3 Å². The number of amides is 1. The van der Waals surface area contributed by atoms with E-state index in [0.717, 1.165) is 65.2 Å². The summed E-state index contributed by atoms with van der Waals surface area (Å²) in [5.74, 6) is 1.08. The van der Waals surface area contributed by atoms with E-state index in [1.165, 1.54) is 5.56 Å². The molecular weight excluding hydrogens is 412 g/mol. The topological polar surface area (TPSA) is 99.9 Å². The summed E-state index contributed by atoms with van der Waals surface area (Å²) < 4.78 is 0. The monoisotopic (exact) mass is 440 g/mol. The third-order valence-corrected chi connectivity index (χ3v) is 6.29. The number of nitrogens with two attached hydrogens (primary N) is 1. The van der Waals surface area contributed by atoms with Crippen molar-refractivity contribution in [3.05, 3.63) is 76.6 Å². The number of nitrogens with one attached hydrogen (secondary N) is 2. The first kappa shape index (κ1) is 21.2. The van der Waals surface area contributed by atoms with E-state index in [0.29, 0.717) is 17.9 Å². The maximum atomic E-state index is 12.0. The van der Waals surface area contributed by atoms with Gasteiger partial charge in [-0.1, -0.05) is 42.5 Å². The summed E-state index contributed by atoms with van der Waals surface area (Å²) in [5, 5.41) is 4.48. The zero-order valence-corrected chi connectivity index (χ0v) is 19.0. The van der Waals surface area contributed by atoms with Gasteiger partial charge in [0.2, 0.25) is 0 Å². The smallest absolute Gasteiger partial charge is 0.250 e. The van der Waals surface area contributed by atoms with Crippen LogP contribution in [0.1, 0.15) is 39.3 Å². The van der Waals surface area contributed by atoms with Crippen molar-refractivity contribution < 1.29 is 4.79 Å². The second kappa shape index (κ2) is 8.67. The van der Waals surface area contributed by atoms with E-state index >= 15 is 0 Å². The number of aromatic nitrogens is 3. The van der Waals surface area contributed by atoms with Crippen LogP contribution in [0.2, 0.25) is 0 Å². The zero-order chi connectivity index (χ0) is 22.9. The minimum absolute atomic E-state index is 0.454. The summed E-state index contributed by atoms with van der Waals surface area (Å²) in [6.07, 6.45) is 1.96. The average molecular weight is 441 g/mol. The lowest BCUT2D eigenvalue weighted by atomic mass is 10.1. The van der Waals surface area contributed by atoms with Crippen LogP contribution in [0.15, 0.2) is 48.5 Å². The molecule has 0 radical (unpaired) electrons. The van der Waals surface area contributed by atoms with E-state index in [1.807, 2.05) is 37.3 Å². The lowest BCUT2D eigenvalue weighted by molar-refractivity contribution is 0.100. The van der Waals surface area contributed by atoms with E-state index in [-0.39, 0.29) is 0 Å².